The summed E-state index contributed by atoms with van der Waals surface area (Å²) in [6.45, 7) is 0. The second kappa shape index (κ2) is 12.9. The topological polar surface area (TPSA) is 0 Å². The minimum Gasteiger partial charge on any atom is -0.206 e. The van der Waals surface area contributed by atoms with Gasteiger partial charge >= 0.3 is 12.4 Å². The molecule has 0 unspecified atom stereocenters. The highest BCUT2D eigenvalue weighted by Gasteiger charge is 2.30. The molecule has 216 valence electrons. The van der Waals surface area contributed by atoms with Crippen LogP contribution in [0.25, 0.3) is 22.3 Å². The van der Waals surface area contributed by atoms with Crippen molar-refractivity contribution in [3.05, 3.63) is 119 Å². The SMILES string of the molecule is Fc1cc(CCCCCCCc2ccc(-c3ccc(C(F)(F)F)cc3)c(F)c2)ccc1-c1ccc(C(F)(F)F)cc1. The zero-order chi connectivity index (χ0) is 29.6. The van der Waals surface area contributed by atoms with E-state index in [2.05, 4.69) is 0 Å². The Labute approximate surface area is 233 Å². The standard InChI is InChI=1S/C33H28F8/c34-30-20-22(8-18-28(30)24-10-14-26(15-11-24)32(36,37)38)6-4-2-1-3-5-7-23-9-19-29(31(35)21-23)25-12-16-27(17-13-25)33(39,40)41/h8-21H,1-7H2. The van der Waals surface area contributed by atoms with Crippen LogP contribution in [0.2, 0.25) is 0 Å². The van der Waals surface area contributed by atoms with Crippen molar-refractivity contribution >= 4 is 0 Å². The Balaban J connectivity index is 1.19. The van der Waals surface area contributed by atoms with Gasteiger partial charge in [-0.3, -0.25) is 0 Å². The van der Waals surface area contributed by atoms with Gasteiger partial charge in [0.1, 0.15) is 11.6 Å². The van der Waals surface area contributed by atoms with E-state index in [-0.39, 0.29) is 11.1 Å². The normalized spacial score (nSPS) is 12.1. The van der Waals surface area contributed by atoms with Gasteiger partial charge in [-0.25, -0.2) is 8.78 Å². The fourth-order valence-corrected chi connectivity index (χ4v) is 4.76. The maximum absolute atomic E-state index is 14.6. The Morgan fingerprint density at radius 1 is 0.415 bits per heavy atom. The molecular formula is C33H28F8. The molecule has 41 heavy (non-hydrogen) atoms. The molecular weight excluding hydrogens is 548 g/mol. The van der Waals surface area contributed by atoms with Gasteiger partial charge < -0.3 is 0 Å². The Kier molecular flexibility index (Phi) is 9.51. The quantitative estimate of drug-likeness (QED) is 0.130. The first-order valence-corrected chi connectivity index (χ1v) is 13.3. The molecule has 4 aromatic carbocycles. The summed E-state index contributed by atoms with van der Waals surface area (Å²) in [5.41, 5.74) is 1.37. The van der Waals surface area contributed by atoms with E-state index in [1.54, 1.807) is 24.3 Å². The van der Waals surface area contributed by atoms with Gasteiger partial charge in [0.2, 0.25) is 0 Å². The predicted molar refractivity (Wildman–Crippen MR) is 144 cm³/mol. The first-order valence-electron chi connectivity index (χ1n) is 13.3. The molecule has 0 spiro atoms. The van der Waals surface area contributed by atoms with Gasteiger partial charge in [-0.05, 0) is 84.3 Å². The van der Waals surface area contributed by atoms with Gasteiger partial charge in [-0.1, -0.05) is 67.8 Å². The van der Waals surface area contributed by atoms with Crippen LogP contribution in [0.15, 0.2) is 84.9 Å². The van der Waals surface area contributed by atoms with Gasteiger partial charge in [0.25, 0.3) is 0 Å². The lowest BCUT2D eigenvalue weighted by atomic mass is 9.98. The molecule has 0 bridgehead atoms. The van der Waals surface area contributed by atoms with Gasteiger partial charge in [-0.15, -0.1) is 0 Å². The first-order chi connectivity index (χ1) is 19.4. The summed E-state index contributed by atoms with van der Waals surface area (Å²) in [6, 6.07) is 18.5. The number of unbranched alkanes of at least 4 members (excludes halogenated alkanes) is 4. The van der Waals surface area contributed by atoms with Crippen LogP contribution in [0.3, 0.4) is 0 Å². The van der Waals surface area contributed by atoms with Crippen LogP contribution in [-0.4, -0.2) is 0 Å². The van der Waals surface area contributed by atoms with Crippen molar-refractivity contribution in [2.24, 2.45) is 0 Å². The molecule has 4 rings (SSSR count). The van der Waals surface area contributed by atoms with Crippen molar-refractivity contribution in [1.82, 2.24) is 0 Å². The molecule has 0 nitrogen and oxygen atoms in total. The smallest absolute Gasteiger partial charge is 0.206 e. The zero-order valence-electron chi connectivity index (χ0n) is 22.1. The van der Waals surface area contributed by atoms with Crippen LogP contribution in [0.1, 0.15) is 54.4 Å². The average molecular weight is 577 g/mol. The van der Waals surface area contributed by atoms with Crippen LogP contribution in [0.4, 0.5) is 35.1 Å². The van der Waals surface area contributed by atoms with Gasteiger partial charge in [0, 0.05) is 11.1 Å². The maximum atomic E-state index is 14.6. The average Bonchev–Trinajstić information content (AvgIpc) is 2.92. The Morgan fingerprint density at radius 2 is 0.756 bits per heavy atom. The van der Waals surface area contributed by atoms with E-state index in [9.17, 15) is 35.1 Å². The summed E-state index contributed by atoms with van der Waals surface area (Å²) in [5, 5.41) is 0. The third kappa shape index (κ3) is 8.18. The van der Waals surface area contributed by atoms with Crippen molar-refractivity contribution in [3.8, 4) is 22.3 Å². The summed E-state index contributed by atoms with van der Waals surface area (Å²) in [6.07, 6.45) is -2.98. The van der Waals surface area contributed by atoms with E-state index in [4.69, 9.17) is 0 Å². The molecule has 0 amide bonds. The van der Waals surface area contributed by atoms with E-state index in [0.717, 1.165) is 67.5 Å². The van der Waals surface area contributed by atoms with Gasteiger partial charge in [0.05, 0.1) is 11.1 Å². The lowest BCUT2D eigenvalue weighted by molar-refractivity contribution is -0.138. The third-order valence-corrected chi connectivity index (χ3v) is 7.04. The fraction of sp³-hybridized carbons (Fsp3) is 0.273. The van der Waals surface area contributed by atoms with Crippen molar-refractivity contribution in [2.75, 3.05) is 0 Å². The number of hydrogen-bond acceptors (Lipinski definition) is 0. The molecule has 0 aliphatic carbocycles. The Hall–Kier alpha value is -3.68. The van der Waals surface area contributed by atoms with E-state index in [0.29, 0.717) is 24.0 Å². The van der Waals surface area contributed by atoms with Crippen LogP contribution >= 0.6 is 0 Å². The molecule has 0 fully saturated rings. The molecule has 0 N–H and O–H groups in total. The van der Waals surface area contributed by atoms with Crippen LogP contribution in [-0.2, 0) is 25.2 Å². The molecule has 0 saturated carbocycles. The molecule has 0 radical (unpaired) electrons. The molecule has 0 saturated heterocycles. The summed E-state index contributed by atoms with van der Waals surface area (Å²) >= 11 is 0. The molecule has 0 atom stereocenters. The van der Waals surface area contributed by atoms with Gasteiger partial charge in [-0.2, -0.15) is 26.3 Å². The van der Waals surface area contributed by atoms with Gasteiger partial charge in [0.15, 0.2) is 0 Å². The molecule has 4 aromatic rings. The number of halogens is 8. The van der Waals surface area contributed by atoms with Crippen molar-refractivity contribution < 1.29 is 35.1 Å². The number of aryl methyl sites for hydroxylation is 2. The Morgan fingerprint density at radius 3 is 1.07 bits per heavy atom. The lowest BCUT2D eigenvalue weighted by Gasteiger charge is -2.10. The van der Waals surface area contributed by atoms with Crippen molar-refractivity contribution in [3.63, 3.8) is 0 Å². The number of alkyl halides is 6. The zero-order valence-corrected chi connectivity index (χ0v) is 22.1. The highest BCUT2D eigenvalue weighted by molar-refractivity contribution is 5.66. The minimum absolute atomic E-state index is 0.256. The summed E-state index contributed by atoms with van der Waals surface area (Å²) in [5.74, 6) is -0.947. The molecule has 8 heteroatoms. The predicted octanol–water partition coefficient (Wildman–Crippen LogP) is 11.1. The highest BCUT2D eigenvalue weighted by Crippen LogP contribution is 2.33. The molecule has 0 aliphatic heterocycles. The van der Waals surface area contributed by atoms with E-state index >= 15 is 0 Å². The number of rotatable bonds is 10. The van der Waals surface area contributed by atoms with E-state index < -0.39 is 35.1 Å². The first kappa shape index (κ1) is 30.3. The van der Waals surface area contributed by atoms with Crippen LogP contribution < -0.4 is 0 Å². The second-order valence-corrected chi connectivity index (χ2v) is 10.0. The highest BCUT2D eigenvalue weighted by atomic mass is 19.4. The third-order valence-electron chi connectivity index (χ3n) is 7.04. The largest absolute Gasteiger partial charge is 0.416 e. The second-order valence-electron chi connectivity index (χ2n) is 10.0. The molecule has 0 aliphatic rings. The van der Waals surface area contributed by atoms with Crippen LogP contribution in [0, 0.1) is 11.6 Å². The van der Waals surface area contributed by atoms with E-state index in [1.165, 1.54) is 36.4 Å². The summed E-state index contributed by atoms with van der Waals surface area (Å²) in [7, 11) is 0. The summed E-state index contributed by atoms with van der Waals surface area (Å²) in [4.78, 5) is 0. The summed E-state index contributed by atoms with van der Waals surface area (Å²) < 4.78 is 106. The Bertz CT molecular complexity index is 1320. The fourth-order valence-electron chi connectivity index (χ4n) is 4.76. The monoisotopic (exact) mass is 576 g/mol. The molecule has 0 aromatic heterocycles. The number of hydrogen-bond donors (Lipinski definition) is 0. The van der Waals surface area contributed by atoms with Crippen LogP contribution in [0.5, 0.6) is 0 Å². The maximum Gasteiger partial charge on any atom is 0.416 e. The minimum atomic E-state index is -4.44. The molecule has 0 heterocycles. The van der Waals surface area contributed by atoms with E-state index in [1.807, 2.05) is 0 Å². The van der Waals surface area contributed by atoms with Crippen molar-refractivity contribution in [1.29, 1.82) is 0 Å². The van der Waals surface area contributed by atoms with Crippen molar-refractivity contribution in [2.45, 2.75) is 57.3 Å². The lowest BCUT2D eigenvalue weighted by Crippen LogP contribution is -2.04. The number of benzene rings is 4.